The topological polar surface area (TPSA) is 81.3 Å². The van der Waals surface area contributed by atoms with Crippen LogP contribution in [-0.4, -0.2) is 25.3 Å². The van der Waals surface area contributed by atoms with Crippen LogP contribution in [0.25, 0.3) is 16.1 Å². The molecule has 0 bridgehead atoms. The van der Waals surface area contributed by atoms with Crippen molar-refractivity contribution in [3.63, 3.8) is 0 Å². The first-order chi connectivity index (χ1) is 13.1. The summed E-state index contributed by atoms with van der Waals surface area (Å²) in [6, 6.07) is 15.1. The Morgan fingerprint density at radius 3 is 2.78 bits per heavy atom. The van der Waals surface area contributed by atoms with Gasteiger partial charge in [-0.2, -0.15) is 10.2 Å². The molecule has 0 saturated heterocycles. The molecule has 0 aliphatic heterocycles. The molecule has 0 aliphatic carbocycles. The number of rotatable bonds is 5. The molecule has 4 aromatic rings. The fourth-order valence-electron chi connectivity index (χ4n) is 2.84. The third-order valence-corrected chi connectivity index (χ3v) is 5.13. The smallest absolute Gasteiger partial charge is 0.293 e. The van der Waals surface area contributed by atoms with Gasteiger partial charge in [0.1, 0.15) is 24.1 Å². The highest BCUT2D eigenvalue weighted by Crippen LogP contribution is 2.23. The molecule has 3 heterocycles. The van der Waals surface area contributed by atoms with Gasteiger partial charge in [-0.25, -0.2) is 9.20 Å². The van der Waals surface area contributed by atoms with Gasteiger partial charge in [-0.15, -0.1) is 11.3 Å². The summed E-state index contributed by atoms with van der Waals surface area (Å²) < 4.78 is 2.60. The van der Waals surface area contributed by atoms with Crippen LogP contribution >= 0.6 is 11.3 Å². The van der Waals surface area contributed by atoms with Crippen LogP contribution in [0.15, 0.2) is 65.0 Å². The number of benzene rings is 1. The number of nitrogens with zero attached hydrogens (tertiary/aromatic N) is 4. The van der Waals surface area contributed by atoms with Crippen molar-refractivity contribution in [2.75, 3.05) is 0 Å². The lowest BCUT2D eigenvalue weighted by Crippen LogP contribution is -2.35. The summed E-state index contributed by atoms with van der Waals surface area (Å²) >= 11 is 1.55. The van der Waals surface area contributed by atoms with E-state index >= 15 is 0 Å². The standard InChI is InChI=1S/C19H17N5O2S/c1-13(14-6-3-2-4-7-14)21-18(25)11-23-19(26)16-10-15(17-8-5-9-27-17)22-24(16)12-20-23/h2-10,12-13H,11H2,1H3,(H,21,25)/t13-/m0/s1. The van der Waals surface area contributed by atoms with E-state index in [1.165, 1.54) is 10.8 Å². The first kappa shape index (κ1) is 17.2. The monoisotopic (exact) mass is 379 g/mol. The van der Waals surface area contributed by atoms with Crippen LogP contribution in [0.3, 0.4) is 0 Å². The zero-order valence-electron chi connectivity index (χ0n) is 14.6. The molecule has 7 nitrogen and oxygen atoms in total. The minimum Gasteiger partial charge on any atom is -0.348 e. The lowest BCUT2D eigenvalue weighted by atomic mass is 10.1. The van der Waals surface area contributed by atoms with E-state index in [-0.39, 0.29) is 24.1 Å². The maximum absolute atomic E-state index is 12.7. The Kier molecular flexibility index (Phi) is 4.55. The van der Waals surface area contributed by atoms with Crippen molar-refractivity contribution in [1.29, 1.82) is 0 Å². The van der Waals surface area contributed by atoms with Crippen molar-refractivity contribution >= 4 is 22.8 Å². The van der Waals surface area contributed by atoms with Crippen LogP contribution in [0.4, 0.5) is 0 Å². The number of aromatic nitrogens is 4. The number of fused-ring (bicyclic) bond motifs is 1. The Bertz CT molecular complexity index is 1130. The Labute approximate surface area is 158 Å². The number of hydrogen-bond donors (Lipinski definition) is 1. The van der Waals surface area contributed by atoms with Gasteiger partial charge in [0.25, 0.3) is 5.56 Å². The summed E-state index contributed by atoms with van der Waals surface area (Å²) in [5.41, 5.74) is 1.74. The third-order valence-electron chi connectivity index (χ3n) is 4.23. The lowest BCUT2D eigenvalue weighted by Gasteiger charge is -2.14. The summed E-state index contributed by atoms with van der Waals surface area (Å²) in [4.78, 5) is 26.0. The van der Waals surface area contributed by atoms with Crippen LogP contribution in [-0.2, 0) is 11.3 Å². The first-order valence-corrected chi connectivity index (χ1v) is 9.33. The predicted molar refractivity (Wildman–Crippen MR) is 104 cm³/mol. The highest BCUT2D eigenvalue weighted by molar-refractivity contribution is 7.13. The van der Waals surface area contributed by atoms with E-state index < -0.39 is 0 Å². The minimum absolute atomic E-state index is 0.147. The summed E-state index contributed by atoms with van der Waals surface area (Å²) in [7, 11) is 0. The molecule has 136 valence electrons. The molecule has 0 fully saturated rings. The van der Waals surface area contributed by atoms with Crippen molar-refractivity contribution in [2.24, 2.45) is 0 Å². The molecule has 1 atom stereocenters. The Balaban J connectivity index is 1.54. The van der Waals surface area contributed by atoms with Gasteiger partial charge in [0.2, 0.25) is 5.91 Å². The van der Waals surface area contributed by atoms with Gasteiger partial charge in [0, 0.05) is 0 Å². The van der Waals surface area contributed by atoms with Crippen molar-refractivity contribution in [1.82, 2.24) is 24.7 Å². The van der Waals surface area contributed by atoms with Crippen molar-refractivity contribution in [3.05, 3.63) is 76.2 Å². The second kappa shape index (κ2) is 7.16. The highest BCUT2D eigenvalue weighted by Gasteiger charge is 2.14. The van der Waals surface area contributed by atoms with E-state index in [0.717, 1.165) is 15.1 Å². The van der Waals surface area contributed by atoms with E-state index in [4.69, 9.17) is 0 Å². The number of hydrogen-bond acceptors (Lipinski definition) is 5. The van der Waals surface area contributed by atoms with Gasteiger partial charge in [0.05, 0.1) is 10.9 Å². The number of thiophene rings is 1. The minimum atomic E-state index is -0.352. The fourth-order valence-corrected chi connectivity index (χ4v) is 3.53. The van der Waals surface area contributed by atoms with Gasteiger partial charge < -0.3 is 5.32 Å². The zero-order valence-corrected chi connectivity index (χ0v) is 15.4. The SMILES string of the molecule is C[C@H](NC(=O)Cn1ncn2nc(-c3cccs3)cc2c1=O)c1ccccc1. The van der Waals surface area contributed by atoms with Crippen LogP contribution in [0.1, 0.15) is 18.5 Å². The number of carbonyl (C=O) groups is 1. The number of carbonyl (C=O) groups excluding carboxylic acids is 1. The second-order valence-electron chi connectivity index (χ2n) is 6.13. The average Bonchev–Trinajstić information content (AvgIpc) is 3.34. The maximum atomic E-state index is 12.7. The molecule has 0 aliphatic rings. The lowest BCUT2D eigenvalue weighted by molar-refractivity contribution is -0.122. The van der Waals surface area contributed by atoms with E-state index in [0.29, 0.717) is 11.2 Å². The first-order valence-electron chi connectivity index (χ1n) is 8.45. The Morgan fingerprint density at radius 2 is 2.04 bits per heavy atom. The van der Waals surface area contributed by atoms with Gasteiger partial charge in [-0.1, -0.05) is 36.4 Å². The summed E-state index contributed by atoms with van der Waals surface area (Å²) in [6.07, 6.45) is 1.45. The summed E-state index contributed by atoms with van der Waals surface area (Å²) in [6.45, 7) is 1.75. The molecule has 3 aromatic heterocycles. The quantitative estimate of drug-likeness (QED) is 0.578. The van der Waals surface area contributed by atoms with Crippen molar-refractivity contribution in [3.8, 4) is 10.6 Å². The summed E-state index contributed by atoms with van der Waals surface area (Å²) in [5.74, 6) is -0.275. The Morgan fingerprint density at radius 1 is 1.22 bits per heavy atom. The molecular formula is C19H17N5O2S. The van der Waals surface area contributed by atoms with Crippen LogP contribution in [0, 0.1) is 0 Å². The molecular weight excluding hydrogens is 362 g/mol. The largest absolute Gasteiger partial charge is 0.348 e. The van der Waals surface area contributed by atoms with Crippen molar-refractivity contribution in [2.45, 2.75) is 19.5 Å². The Hall–Kier alpha value is -3.26. The second-order valence-corrected chi connectivity index (χ2v) is 7.08. The van der Waals surface area contributed by atoms with E-state index in [1.54, 1.807) is 17.4 Å². The van der Waals surface area contributed by atoms with Crippen LogP contribution in [0.2, 0.25) is 0 Å². The van der Waals surface area contributed by atoms with E-state index in [1.807, 2.05) is 54.8 Å². The van der Waals surface area contributed by atoms with Crippen LogP contribution < -0.4 is 10.9 Å². The van der Waals surface area contributed by atoms with Gasteiger partial charge in [0.15, 0.2) is 0 Å². The molecule has 0 unspecified atom stereocenters. The predicted octanol–water partition coefficient (Wildman–Crippen LogP) is 2.50. The zero-order chi connectivity index (χ0) is 18.8. The molecule has 1 aromatic carbocycles. The fraction of sp³-hybridized carbons (Fsp3) is 0.158. The molecule has 0 spiro atoms. The number of amides is 1. The molecule has 1 N–H and O–H groups in total. The number of nitrogens with one attached hydrogen (secondary N) is 1. The molecule has 8 heteroatoms. The van der Waals surface area contributed by atoms with Gasteiger partial charge in [-0.05, 0) is 30.0 Å². The highest BCUT2D eigenvalue weighted by atomic mass is 32.1. The molecule has 27 heavy (non-hydrogen) atoms. The molecule has 0 radical (unpaired) electrons. The van der Waals surface area contributed by atoms with E-state index in [9.17, 15) is 9.59 Å². The average molecular weight is 379 g/mol. The van der Waals surface area contributed by atoms with Crippen LogP contribution in [0.5, 0.6) is 0 Å². The van der Waals surface area contributed by atoms with Gasteiger partial charge >= 0.3 is 0 Å². The van der Waals surface area contributed by atoms with Gasteiger partial charge in [-0.3, -0.25) is 9.59 Å². The normalized spacial score (nSPS) is 12.2. The molecule has 1 amide bonds. The third kappa shape index (κ3) is 3.52. The summed E-state index contributed by atoms with van der Waals surface area (Å²) in [5, 5.41) is 13.3. The van der Waals surface area contributed by atoms with E-state index in [2.05, 4.69) is 15.5 Å². The molecule has 4 rings (SSSR count). The molecule has 0 saturated carbocycles. The maximum Gasteiger partial charge on any atom is 0.293 e. The van der Waals surface area contributed by atoms with Crippen molar-refractivity contribution < 1.29 is 4.79 Å².